The summed E-state index contributed by atoms with van der Waals surface area (Å²) in [5.74, 6) is 3.40. The minimum Gasteiger partial charge on any atom is -0.498 e. The molecule has 1 saturated carbocycles. The molecular formula is C25H35N3O. The highest BCUT2D eigenvalue weighted by Crippen LogP contribution is 2.66. The number of nitrogens with zero attached hydrogens (tertiary/aromatic N) is 3. The summed E-state index contributed by atoms with van der Waals surface area (Å²) in [7, 11) is 0. The van der Waals surface area contributed by atoms with Gasteiger partial charge in [0.2, 0.25) is 0 Å². The van der Waals surface area contributed by atoms with Gasteiger partial charge in [-0.25, -0.2) is 4.68 Å². The number of hydrogen-bond acceptors (Lipinski definition) is 3. The monoisotopic (exact) mass is 393 g/mol. The summed E-state index contributed by atoms with van der Waals surface area (Å²) < 4.78 is 8.01. The lowest BCUT2D eigenvalue weighted by Crippen LogP contribution is -2.49. The van der Waals surface area contributed by atoms with Gasteiger partial charge in [-0.05, 0) is 85.7 Å². The molecular weight excluding hydrogens is 358 g/mol. The van der Waals surface area contributed by atoms with Crippen molar-refractivity contribution in [3.05, 3.63) is 41.5 Å². The molecule has 0 spiro atoms. The predicted octanol–water partition coefficient (Wildman–Crippen LogP) is 6.00. The Balaban J connectivity index is 1.61. The molecule has 1 aromatic heterocycles. The summed E-state index contributed by atoms with van der Waals surface area (Å²) in [6.07, 6.45) is 17.3. The van der Waals surface area contributed by atoms with E-state index in [-0.39, 0.29) is 5.41 Å². The molecule has 1 aromatic rings. The van der Waals surface area contributed by atoms with E-state index in [1.54, 1.807) is 5.57 Å². The van der Waals surface area contributed by atoms with Crippen LogP contribution in [0.1, 0.15) is 72.6 Å². The van der Waals surface area contributed by atoms with E-state index in [1.807, 2.05) is 17.1 Å². The van der Waals surface area contributed by atoms with Crippen LogP contribution in [-0.2, 0) is 4.74 Å². The lowest BCUT2D eigenvalue weighted by Gasteiger charge is -2.57. The SMILES string of the molecule is CCOC1=CC2=C(n3ccnn3)CC3C4CC=C(CC)C4(C)CCC3C2(C)CC1. The fraction of sp³-hybridized carbons (Fsp3) is 0.680. The summed E-state index contributed by atoms with van der Waals surface area (Å²) in [6, 6.07) is 0. The molecule has 0 aliphatic heterocycles. The fourth-order valence-electron chi connectivity index (χ4n) is 7.48. The molecule has 4 nitrogen and oxygen atoms in total. The van der Waals surface area contributed by atoms with Crippen molar-refractivity contribution in [2.24, 2.45) is 28.6 Å². The van der Waals surface area contributed by atoms with Crippen molar-refractivity contribution in [3.63, 3.8) is 0 Å². The highest BCUT2D eigenvalue weighted by molar-refractivity contribution is 5.60. The van der Waals surface area contributed by atoms with Crippen molar-refractivity contribution in [2.45, 2.75) is 72.6 Å². The highest BCUT2D eigenvalue weighted by Gasteiger charge is 2.57. The number of fused-ring (bicyclic) bond motifs is 5. The third kappa shape index (κ3) is 2.70. The van der Waals surface area contributed by atoms with E-state index in [1.165, 1.54) is 43.4 Å². The normalized spacial score (nSPS) is 38.7. The van der Waals surface area contributed by atoms with E-state index in [0.29, 0.717) is 5.41 Å². The zero-order valence-electron chi connectivity index (χ0n) is 18.4. The number of aromatic nitrogens is 3. The summed E-state index contributed by atoms with van der Waals surface area (Å²) in [4.78, 5) is 0. The summed E-state index contributed by atoms with van der Waals surface area (Å²) in [5, 5.41) is 8.57. The molecule has 0 bridgehead atoms. The molecule has 156 valence electrons. The number of rotatable bonds is 4. The van der Waals surface area contributed by atoms with Gasteiger partial charge in [-0.1, -0.05) is 37.6 Å². The maximum atomic E-state index is 5.97. The van der Waals surface area contributed by atoms with Crippen molar-refractivity contribution < 1.29 is 4.74 Å². The van der Waals surface area contributed by atoms with Gasteiger partial charge >= 0.3 is 0 Å². The molecule has 5 unspecified atom stereocenters. The van der Waals surface area contributed by atoms with Gasteiger partial charge in [-0.3, -0.25) is 0 Å². The highest BCUT2D eigenvalue weighted by atomic mass is 16.5. The molecule has 4 heteroatoms. The Morgan fingerprint density at radius 2 is 2.03 bits per heavy atom. The van der Waals surface area contributed by atoms with E-state index in [9.17, 15) is 0 Å². The zero-order valence-corrected chi connectivity index (χ0v) is 18.4. The molecule has 29 heavy (non-hydrogen) atoms. The smallest absolute Gasteiger partial charge is 0.0963 e. The molecule has 4 aliphatic carbocycles. The number of hydrogen-bond donors (Lipinski definition) is 0. The van der Waals surface area contributed by atoms with Crippen LogP contribution in [0.4, 0.5) is 0 Å². The second-order valence-electron chi connectivity index (χ2n) is 10.0. The number of ether oxygens (including phenoxy) is 1. The van der Waals surface area contributed by atoms with E-state index >= 15 is 0 Å². The molecule has 5 rings (SSSR count). The first-order chi connectivity index (χ1) is 14.0. The second kappa shape index (κ2) is 6.85. The van der Waals surface area contributed by atoms with Crippen LogP contribution < -0.4 is 0 Å². The standard InChI is InChI=1S/C25H35N3O/c1-5-17-7-8-20-19-16-23(28-14-13-26-27-28)22-15-18(29-6-2)9-11-25(22,4)21(19)10-12-24(17,20)3/h7,13-15,19-21H,5-6,8-12,16H2,1-4H3. The lowest BCUT2D eigenvalue weighted by molar-refractivity contribution is -0.0117. The topological polar surface area (TPSA) is 39.9 Å². The average Bonchev–Trinajstić information content (AvgIpc) is 3.35. The van der Waals surface area contributed by atoms with Gasteiger partial charge in [0.15, 0.2) is 0 Å². The molecule has 0 amide bonds. The van der Waals surface area contributed by atoms with Crippen LogP contribution in [0.3, 0.4) is 0 Å². The Labute approximate surface area is 175 Å². The summed E-state index contributed by atoms with van der Waals surface area (Å²) in [5.41, 5.74) is 5.14. The first kappa shape index (κ1) is 19.1. The van der Waals surface area contributed by atoms with Crippen LogP contribution in [-0.4, -0.2) is 21.6 Å². The molecule has 5 atom stereocenters. The van der Waals surface area contributed by atoms with Crippen LogP contribution in [0.5, 0.6) is 0 Å². The van der Waals surface area contributed by atoms with E-state index < -0.39 is 0 Å². The molecule has 4 aliphatic rings. The van der Waals surface area contributed by atoms with Crippen LogP contribution in [0.2, 0.25) is 0 Å². The number of allylic oxidation sites excluding steroid dienone is 6. The first-order valence-corrected chi connectivity index (χ1v) is 11.6. The molecule has 0 N–H and O–H groups in total. The fourth-order valence-corrected chi connectivity index (χ4v) is 7.48. The minimum atomic E-state index is 0.209. The van der Waals surface area contributed by atoms with Gasteiger partial charge < -0.3 is 4.74 Å². The van der Waals surface area contributed by atoms with Gasteiger partial charge in [0.25, 0.3) is 0 Å². The Morgan fingerprint density at radius 3 is 2.76 bits per heavy atom. The van der Waals surface area contributed by atoms with Crippen molar-refractivity contribution in [1.82, 2.24) is 15.0 Å². The Morgan fingerprint density at radius 1 is 1.17 bits per heavy atom. The van der Waals surface area contributed by atoms with E-state index in [0.717, 1.165) is 43.0 Å². The predicted molar refractivity (Wildman–Crippen MR) is 116 cm³/mol. The van der Waals surface area contributed by atoms with Crippen molar-refractivity contribution in [1.29, 1.82) is 0 Å². The van der Waals surface area contributed by atoms with Crippen molar-refractivity contribution in [3.8, 4) is 0 Å². The van der Waals surface area contributed by atoms with Gasteiger partial charge in [-0.2, -0.15) is 0 Å². The minimum absolute atomic E-state index is 0.209. The maximum Gasteiger partial charge on any atom is 0.0963 e. The summed E-state index contributed by atoms with van der Waals surface area (Å²) >= 11 is 0. The molecule has 0 radical (unpaired) electrons. The van der Waals surface area contributed by atoms with Crippen molar-refractivity contribution >= 4 is 5.70 Å². The van der Waals surface area contributed by atoms with Gasteiger partial charge in [0.1, 0.15) is 0 Å². The first-order valence-electron chi connectivity index (χ1n) is 11.6. The third-order valence-electron chi connectivity index (χ3n) is 8.96. The van der Waals surface area contributed by atoms with Crippen LogP contribution in [0.25, 0.3) is 5.70 Å². The van der Waals surface area contributed by atoms with Gasteiger partial charge in [-0.15, -0.1) is 5.10 Å². The Hall–Kier alpha value is -1.84. The average molecular weight is 394 g/mol. The van der Waals surface area contributed by atoms with E-state index in [4.69, 9.17) is 4.74 Å². The quantitative estimate of drug-likeness (QED) is 0.589. The Kier molecular flexibility index (Phi) is 4.52. The zero-order chi connectivity index (χ0) is 20.2. The molecule has 1 fully saturated rings. The van der Waals surface area contributed by atoms with E-state index in [2.05, 4.69) is 50.2 Å². The van der Waals surface area contributed by atoms with Crippen LogP contribution in [0, 0.1) is 28.6 Å². The third-order valence-corrected chi connectivity index (χ3v) is 8.96. The van der Waals surface area contributed by atoms with Gasteiger partial charge in [0, 0.05) is 12.1 Å². The van der Waals surface area contributed by atoms with Gasteiger partial charge in [0.05, 0.1) is 24.8 Å². The Bertz CT molecular complexity index is 880. The van der Waals surface area contributed by atoms with Crippen LogP contribution >= 0.6 is 0 Å². The lowest BCUT2D eigenvalue weighted by atomic mass is 9.47. The second-order valence-corrected chi connectivity index (χ2v) is 10.0. The largest absolute Gasteiger partial charge is 0.498 e. The molecule has 1 heterocycles. The molecule has 0 aromatic carbocycles. The summed E-state index contributed by atoms with van der Waals surface area (Å²) in [6.45, 7) is 10.3. The van der Waals surface area contributed by atoms with Crippen LogP contribution in [0.15, 0.2) is 41.5 Å². The molecule has 0 saturated heterocycles. The van der Waals surface area contributed by atoms with Crippen molar-refractivity contribution in [2.75, 3.05) is 6.61 Å². The maximum absolute atomic E-state index is 5.97.